The van der Waals surface area contributed by atoms with Crippen molar-refractivity contribution in [2.45, 2.75) is 45.8 Å². The van der Waals surface area contributed by atoms with Crippen LogP contribution in [0.2, 0.25) is 0 Å². The zero-order valence-electron chi connectivity index (χ0n) is 15.9. The first-order valence-electron chi connectivity index (χ1n) is 9.58. The van der Waals surface area contributed by atoms with Crippen LogP contribution in [0.15, 0.2) is 42.7 Å². The van der Waals surface area contributed by atoms with Gasteiger partial charge in [-0.25, -0.2) is 4.98 Å². The number of likely N-dealkylation sites (tertiary alicyclic amines) is 1. The summed E-state index contributed by atoms with van der Waals surface area (Å²) in [6.07, 6.45) is 6.62. The van der Waals surface area contributed by atoms with Crippen LogP contribution in [0.3, 0.4) is 0 Å². The van der Waals surface area contributed by atoms with E-state index in [4.69, 9.17) is 0 Å². The number of rotatable bonds is 7. The van der Waals surface area contributed by atoms with Crippen LogP contribution in [0.1, 0.15) is 44.1 Å². The third kappa shape index (κ3) is 5.16. The van der Waals surface area contributed by atoms with Gasteiger partial charge in [0.2, 0.25) is 0 Å². The predicted octanol–water partition coefficient (Wildman–Crippen LogP) is 3.81. The monoisotopic (exact) mass is 340 g/mol. The number of aromatic nitrogens is 2. The number of imidazole rings is 1. The Bertz CT molecular complexity index is 626. The van der Waals surface area contributed by atoms with Gasteiger partial charge in [0, 0.05) is 31.5 Å². The molecule has 0 spiro atoms. The molecule has 1 aliphatic heterocycles. The van der Waals surface area contributed by atoms with Crippen molar-refractivity contribution < 1.29 is 0 Å². The van der Waals surface area contributed by atoms with Gasteiger partial charge in [-0.15, -0.1) is 0 Å². The Morgan fingerprint density at radius 1 is 1.16 bits per heavy atom. The van der Waals surface area contributed by atoms with Crippen molar-refractivity contribution in [2.75, 3.05) is 26.7 Å². The molecule has 0 saturated carbocycles. The lowest BCUT2D eigenvalue weighted by Gasteiger charge is -2.34. The highest BCUT2D eigenvalue weighted by atomic mass is 15.2. The number of nitrogens with zero attached hydrogens (tertiary/aromatic N) is 4. The minimum atomic E-state index is 0.479. The highest BCUT2D eigenvalue weighted by Crippen LogP contribution is 2.20. The van der Waals surface area contributed by atoms with Gasteiger partial charge in [0.25, 0.3) is 0 Å². The Labute approximate surface area is 152 Å². The van der Waals surface area contributed by atoms with Gasteiger partial charge in [0.1, 0.15) is 5.82 Å². The number of benzene rings is 1. The van der Waals surface area contributed by atoms with Gasteiger partial charge in [-0.05, 0) is 58.3 Å². The standard InChI is InChI=1S/C21H32N4/c1-18(2)25-14-11-22-21(25)17-23(3)15-20-9-12-24(13-10-20)16-19-7-5-4-6-8-19/h4-8,11,14,18,20H,9-10,12-13,15-17H2,1-3H3. The lowest BCUT2D eigenvalue weighted by atomic mass is 9.96. The third-order valence-electron chi connectivity index (χ3n) is 5.24. The quantitative estimate of drug-likeness (QED) is 0.766. The summed E-state index contributed by atoms with van der Waals surface area (Å²) in [5, 5.41) is 0. The van der Waals surface area contributed by atoms with E-state index < -0.39 is 0 Å². The van der Waals surface area contributed by atoms with Gasteiger partial charge in [0.05, 0.1) is 6.54 Å². The average molecular weight is 341 g/mol. The molecule has 0 radical (unpaired) electrons. The number of hydrogen-bond acceptors (Lipinski definition) is 3. The largest absolute Gasteiger partial charge is 0.331 e. The van der Waals surface area contributed by atoms with Crippen molar-refractivity contribution >= 4 is 0 Å². The predicted molar refractivity (Wildman–Crippen MR) is 103 cm³/mol. The normalized spacial score (nSPS) is 16.8. The van der Waals surface area contributed by atoms with Gasteiger partial charge in [-0.1, -0.05) is 30.3 Å². The molecule has 0 atom stereocenters. The fraction of sp³-hybridized carbons (Fsp3) is 0.571. The van der Waals surface area contributed by atoms with Crippen LogP contribution < -0.4 is 0 Å². The van der Waals surface area contributed by atoms with E-state index >= 15 is 0 Å². The molecule has 1 aliphatic rings. The van der Waals surface area contributed by atoms with Crippen molar-refractivity contribution in [1.29, 1.82) is 0 Å². The van der Waals surface area contributed by atoms with Crippen molar-refractivity contribution in [2.24, 2.45) is 5.92 Å². The van der Waals surface area contributed by atoms with E-state index in [1.807, 2.05) is 6.20 Å². The summed E-state index contributed by atoms with van der Waals surface area (Å²) < 4.78 is 2.28. The van der Waals surface area contributed by atoms with Crippen LogP contribution in [0.5, 0.6) is 0 Å². The minimum absolute atomic E-state index is 0.479. The summed E-state index contributed by atoms with van der Waals surface area (Å²) in [4.78, 5) is 9.58. The second-order valence-electron chi connectivity index (χ2n) is 7.75. The van der Waals surface area contributed by atoms with E-state index in [1.165, 1.54) is 43.9 Å². The summed E-state index contributed by atoms with van der Waals surface area (Å²) in [7, 11) is 2.23. The topological polar surface area (TPSA) is 24.3 Å². The summed E-state index contributed by atoms with van der Waals surface area (Å²) in [6.45, 7) is 10.1. The molecule has 2 aromatic rings. The molecule has 136 valence electrons. The molecule has 0 aliphatic carbocycles. The zero-order valence-corrected chi connectivity index (χ0v) is 15.9. The molecular weight excluding hydrogens is 308 g/mol. The smallest absolute Gasteiger partial charge is 0.123 e. The van der Waals surface area contributed by atoms with Crippen molar-refractivity contribution in [3.63, 3.8) is 0 Å². The molecule has 2 heterocycles. The summed E-state index contributed by atoms with van der Waals surface area (Å²) >= 11 is 0. The third-order valence-corrected chi connectivity index (χ3v) is 5.24. The fourth-order valence-electron chi connectivity index (χ4n) is 3.85. The maximum absolute atomic E-state index is 4.54. The number of hydrogen-bond donors (Lipinski definition) is 0. The first-order valence-corrected chi connectivity index (χ1v) is 9.58. The van der Waals surface area contributed by atoms with E-state index in [9.17, 15) is 0 Å². The Morgan fingerprint density at radius 2 is 1.88 bits per heavy atom. The van der Waals surface area contributed by atoms with Crippen LogP contribution in [0.4, 0.5) is 0 Å². The van der Waals surface area contributed by atoms with E-state index in [0.717, 1.165) is 19.0 Å². The SMILES string of the molecule is CC(C)n1ccnc1CN(C)CC1CCN(Cc2ccccc2)CC1. The highest BCUT2D eigenvalue weighted by Gasteiger charge is 2.21. The Kier molecular flexibility index (Phi) is 6.27. The zero-order chi connectivity index (χ0) is 17.6. The van der Waals surface area contributed by atoms with Gasteiger partial charge in [-0.2, -0.15) is 0 Å². The van der Waals surface area contributed by atoms with E-state index in [-0.39, 0.29) is 0 Å². The van der Waals surface area contributed by atoms with Crippen LogP contribution in [-0.4, -0.2) is 46.0 Å². The van der Waals surface area contributed by atoms with Crippen LogP contribution >= 0.6 is 0 Å². The average Bonchev–Trinajstić information content (AvgIpc) is 3.06. The molecule has 0 amide bonds. The minimum Gasteiger partial charge on any atom is -0.331 e. The summed E-state index contributed by atoms with van der Waals surface area (Å²) in [5.74, 6) is 1.98. The molecule has 3 rings (SSSR count). The first-order chi connectivity index (χ1) is 12.1. The van der Waals surface area contributed by atoms with E-state index in [1.54, 1.807) is 0 Å². The van der Waals surface area contributed by atoms with E-state index in [0.29, 0.717) is 6.04 Å². The Balaban J connectivity index is 1.43. The lowest BCUT2D eigenvalue weighted by Crippen LogP contribution is -2.37. The molecule has 1 fully saturated rings. The molecular formula is C21H32N4. The lowest BCUT2D eigenvalue weighted by molar-refractivity contribution is 0.145. The van der Waals surface area contributed by atoms with Crippen LogP contribution in [0.25, 0.3) is 0 Å². The maximum atomic E-state index is 4.54. The van der Waals surface area contributed by atoms with Gasteiger partial charge in [-0.3, -0.25) is 9.80 Å². The second kappa shape index (κ2) is 8.63. The summed E-state index contributed by atoms with van der Waals surface area (Å²) in [6, 6.07) is 11.3. The van der Waals surface area contributed by atoms with Gasteiger partial charge < -0.3 is 4.57 Å². The van der Waals surface area contributed by atoms with Crippen molar-refractivity contribution in [3.8, 4) is 0 Å². The summed E-state index contributed by atoms with van der Waals surface area (Å²) in [5.41, 5.74) is 1.43. The van der Waals surface area contributed by atoms with Crippen LogP contribution in [-0.2, 0) is 13.1 Å². The second-order valence-corrected chi connectivity index (χ2v) is 7.75. The highest BCUT2D eigenvalue weighted by molar-refractivity contribution is 5.14. The van der Waals surface area contributed by atoms with E-state index in [2.05, 4.69) is 76.8 Å². The fourth-order valence-corrected chi connectivity index (χ4v) is 3.85. The van der Waals surface area contributed by atoms with Gasteiger partial charge in [0.15, 0.2) is 0 Å². The molecule has 0 N–H and O–H groups in total. The van der Waals surface area contributed by atoms with Crippen LogP contribution in [0, 0.1) is 5.92 Å². The Hall–Kier alpha value is -1.65. The molecule has 25 heavy (non-hydrogen) atoms. The first kappa shape index (κ1) is 18.2. The molecule has 4 nitrogen and oxygen atoms in total. The molecule has 4 heteroatoms. The number of piperidine rings is 1. The van der Waals surface area contributed by atoms with Crippen molar-refractivity contribution in [3.05, 3.63) is 54.1 Å². The maximum Gasteiger partial charge on any atom is 0.123 e. The van der Waals surface area contributed by atoms with Crippen molar-refractivity contribution in [1.82, 2.24) is 19.4 Å². The molecule has 1 aromatic heterocycles. The molecule has 0 unspecified atom stereocenters. The Morgan fingerprint density at radius 3 is 2.56 bits per heavy atom. The molecule has 1 saturated heterocycles. The molecule has 1 aromatic carbocycles. The molecule has 0 bridgehead atoms. The van der Waals surface area contributed by atoms with Gasteiger partial charge >= 0.3 is 0 Å².